The molecule has 7 nitrogen and oxygen atoms in total. The van der Waals surface area contributed by atoms with Crippen LogP contribution in [0.15, 0.2) is 30.3 Å². The lowest BCUT2D eigenvalue weighted by molar-refractivity contribution is -0.139. The Bertz CT molecular complexity index is 926. The molecule has 0 spiro atoms. The minimum absolute atomic E-state index is 0.0682. The van der Waals surface area contributed by atoms with Crippen LogP contribution in [0, 0.1) is 0 Å². The molecule has 1 atom stereocenters. The van der Waals surface area contributed by atoms with Crippen molar-refractivity contribution in [1.29, 1.82) is 0 Å². The quantitative estimate of drug-likeness (QED) is 0.675. The minimum atomic E-state index is -0.0682. The van der Waals surface area contributed by atoms with Gasteiger partial charge in [0.1, 0.15) is 6.04 Å². The van der Waals surface area contributed by atoms with Crippen LogP contribution in [0.25, 0.3) is 11.3 Å². The highest BCUT2D eigenvalue weighted by molar-refractivity contribution is 6.35. The van der Waals surface area contributed by atoms with Crippen molar-refractivity contribution < 1.29 is 4.79 Å². The summed E-state index contributed by atoms with van der Waals surface area (Å²) in [5.41, 5.74) is 1.56. The topological polar surface area (TPSA) is 55.8 Å². The molecule has 3 heterocycles. The van der Waals surface area contributed by atoms with Crippen molar-refractivity contribution in [2.24, 2.45) is 0 Å². The number of halogens is 2. The van der Waals surface area contributed by atoms with Crippen molar-refractivity contribution in [2.45, 2.75) is 25.9 Å². The molecule has 2 aliphatic heterocycles. The van der Waals surface area contributed by atoms with E-state index in [2.05, 4.69) is 45.8 Å². The van der Waals surface area contributed by atoms with Crippen molar-refractivity contribution in [3.8, 4) is 11.3 Å². The van der Waals surface area contributed by atoms with Crippen molar-refractivity contribution in [3.05, 3.63) is 40.4 Å². The Morgan fingerprint density at radius 2 is 1.66 bits per heavy atom. The maximum Gasteiger partial charge on any atom is 0.241 e. The molecule has 9 heteroatoms. The monoisotopic (exact) mass is 476 g/mol. The number of aromatic nitrogens is 2. The van der Waals surface area contributed by atoms with Crippen LogP contribution in [0.2, 0.25) is 10.0 Å². The molecule has 1 amide bonds. The van der Waals surface area contributed by atoms with Crippen LogP contribution >= 0.6 is 23.2 Å². The molecule has 0 saturated carbocycles. The van der Waals surface area contributed by atoms with E-state index in [0.29, 0.717) is 29.2 Å². The Hall–Kier alpha value is -1.93. The smallest absolute Gasteiger partial charge is 0.241 e. The average molecular weight is 477 g/mol. The summed E-state index contributed by atoms with van der Waals surface area (Å²) < 4.78 is 0. The number of hydrogen-bond donors (Lipinski definition) is 0. The molecule has 2 aliphatic rings. The first-order valence-electron chi connectivity index (χ1n) is 11.1. The number of anilines is 1. The Kier molecular flexibility index (Phi) is 7.20. The van der Waals surface area contributed by atoms with E-state index >= 15 is 0 Å². The van der Waals surface area contributed by atoms with E-state index in [1.54, 1.807) is 6.07 Å². The first-order valence-corrected chi connectivity index (χ1v) is 11.9. The second-order valence-corrected chi connectivity index (χ2v) is 9.71. The third kappa shape index (κ3) is 5.17. The Morgan fingerprint density at radius 3 is 2.25 bits per heavy atom. The van der Waals surface area contributed by atoms with Gasteiger partial charge in [-0.05, 0) is 51.2 Å². The van der Waals surface area contributed by atoms with E-state index in [1.807, 2.05) is 29.2 Å². The van der Waals surface area contributed by atoms with Crippen LogP contribution in [0.3, 0.4) is 0 Å². The Morgan fingerprint density at radius 1 is 0.969 bits per heavy atom. The highest BCUT2D eigenvalue weighted by atomic mass is 35.5. The summed E-state index contributed by atoms with van der Waals surface area (Å²) in [5.74, 6) is 1.05. The molecule has 32 heavy (non-hydrogen) atoms. The van der Waals surface area contributed by atoms with Gasteiger partial charge in [0, 0.05) is 67.5 Å². The fraction of sp³-hybridized carbons (Fsp3) is 0.522. The average Bonchev–Trinajstić information content (AvgIpc) is 2.78. The van der Waals surface area contributed by atoms with Gasteiger partial charge in [-0.25, -0.2) is 0 Å². The molecular formula is C23H30Cl2N6O. The second-order valence-electron chi connectivity index (χ2n) is 8.83. The van der Waals surface area contributed by atoms with Gasteiger partial charge in [0.2, 0.25) is 5.91 Å². The summed E-state index contributed by atoms with van der Waals surface area (Å²) in [7, 11) is 2.06. The normalized spacial score (nSPS) is 20.8. The Labute approximate surface area is 199 Å². The molecule has 1 aromatic carbocycles. The van der Waals surface area contributed by atoms with Crippen LogP contribution in [-0.2, 0) is 4.79 Å². The van der Waals surface area contributed by atoms with Gasteiger partial charge in [-0.2, -0.15) is 0 Å². The van der Waals surface area contributed by atoms with Crippen molar-refractivity contribution >= 4 is 34.9 Å². The predicted octanol–water partition coefficient (Wildman–Crippen LogP) is 3.12. The number of carbonyl (C=O) groups is 1. The lowest BCUT2D eigenvalue weighted by Crippen LogP contribution is -2.61. The summed E-state index contributed by atoms with van der Waals surface area (Å²) >= 11 is 12.2. The van der Waals surface area contributed by atoms with Crippen molar-refractivity contribution in [2.75, 3.05) is 57.8 Å². The zero-order chi connectivity index (χ0) is 22.8. The van der Waals surface area contributed by atoms with Crippen LogP contribution < -0.4 is 4.90 Å². The van der Waals surface area contributed by atoms with Crippen LogP contribution in [0.5, 0.6) is 0 Å². The first-order chi connectivity index (χ1) is 15.3. The van der Waals surface area contributed by atoms with Crippen LogP contribution in [-0.4, -0.2) is 95.7 Å². The molecule has 2 fully saturated rings. The molecular weight excluding hydrogens is 447 g/mol. The fourth-order valence-electron chi connectivity index (χ4n) is 4.35. The van der Waals surface area contributed by atoms with Crippen LogP contribution in [0.1, 0.15) is 13.8 Å². The molecule has 2 aromatic rings. The number of nitrogens with zero attached hydrogens (tertiary/aromatic N) is 6. The van der Waals surface area contributed by atoms with E-state index in [-0.39, 0.29) is 11.9 Å². The summed E-state index contributed by atoms with van der Waals surface area (Å²) in [6.45, 7) is 10.00. The van der Waals surface area contributed by atoms with Gasteiger partial charge < -0.3 is 9.80 Å². The van der Waals surface area contributed by atoms with Crippen molar-refractivity contribution in [1.82, 2.24) is 24.9 Å². The maximum atomic E-state index is 13.2. The second kappa shape index (κ2) is 9.91. The summed E-state index contributed by atoms with van der Waals surface area (Å²) in [6.07, 6.45) is 0. The summed E-state index contributed by atoms with van der Waals surface area (Å²) in [5, 5.41) is 9.92. The number of likely N-dealkylation sites (N-methyl/N-ethyl adjacent to an activating group) is 1. The largest absolute Gasteiger partial charge is 0.352 e. The van der Waals surface area contributed by atoms with Gasteiger partial charge >= 0.3 is 0 Å². The minimum Gasteiger partial charge on any atom is -0.352 e. The van der Waals surface area contributed by atoms with E-state index in [4.69, 9.17) is 23.2 Å². The van der Waals surface area contributed by atoms with E-state index in [0.717, 1.165) is 49.8 Å². The lowest BCUT2D eigenvalue weighted by Gasteiger charge is -2.43. The molecule has 2 saturated heterocycles. The molecule has 0 aliphatic carbocycles. The molecule has 0 radical (unpaired) electrons. The highest BCUT2D eigenvalue weighted by Crippen LogP contribution is 2.26. The maximum absolute atomic E-state index is 13.2. The zero-order valence-corrected chi connectivity index (χ0v) is 20.4. The first kappa shape index (κ1) is 23.2. The molecule has 4 rings (SSSR count). The number of hydrogen-bond acceptors (Lipinski definition) is 6. The fourth-order valence-corrected chi connectivity index (χ4v) is 4.87. The summed E-state index contributed by atoms with van der Waals surface area (Å²) in [6, 6.07) is 9.62. The van der Waals surface area contributed by atoms with Gasteiger partial charge in [0.15, 0.2) is 5.82 Å². The number of piperazine rings is 2. The van der Waals surface area contributed by atoms with Gasteiger partial charge in [0.25, 0.3) is 0 Å². The third-order valence-electron chi connectivity index (χ3n) is 6.42. The number of benzene rings is 1. The van der Waals surface area contributed by atoms with Gasteiger partial charge in [-0.1, -0.05) is 23.2 Å². The molecule has 1 unspecified atom stereocenters. The molecule has 0 N–H and O–H groups in total. The van der Waals surface area contributed by atoms with E-state index in [9.17, 15) is 4.79 Å². The number of amides is 1. The lowest BCUT2D eigenvalue weighted by atomic mass is 10.1. The predicted molar refractivity (Wildman–Crippen MR) is 129 cm³/mol. The van der Waals surface area contributed by atoms with Crippen molar-refractivity contribution in [3.63, 3.8) is 0 Å². The zero-order valence-electron chi connectivity index (χ0n) is 18.8. The number of rotatable bonds is 4. The van der Waals surface area contributed by atoms with Gasteiger partial charge in [-0.3, -0.25) is 14.6 Å². The van der Waals surface area contributed by atoms with Gasteiger partial charge in [0.05, 0.1) is 5.69 Å². The summed E-state index contributed by atoms with van der Waals surface area (Å²) in [4.78, 5) is 22.0. The SMILES string of the molecule is CC(C)N1CCN(C)C(C(=O)N2CCN(c3ccc(-c4cc(Cl)cc(Cl)c4)nn3)CC2)C1. The highest BCUT2D eigenvalue weighted by Gasteiger charge is 2.35. The van der Waals surface area contributed by atoms with E-state index in [1.165, 1.54) is 0 Å². The molecule has 0 bridgehead atoms. The number of carbonyl (C=O) groups excluding carboxylic acids is 1. The molecule has 172 valence electrons. The van der Waals surface area contributed by atoms with Crippen LogP contribution in [0.4, 0.5) is 5.82 Å². The van der Waals surface area contributed by atoms with E-state index < -0.39 is 0 Å². The molecule has 1 aromatic heterocycles. The standard InChI is InChI=1S/C23H30Cl2N6O/c1-16(2)31-7-6-28(3)21(15-31)23(32)30-10-8-29(9-11-30)22-5-4-20(26-27-22)17-12-18(24)14-19(25)13-17/h4-5,12-14,16,21H,6-11,15H2,1-3H3. The Balaban J connectivity index is 1.36. The van der Waals surface area contributed by atoms with Gasteiger partial charge in [-0.15, -0.1) is 10.2 Å². The third-order valence-corrected chi connectivity index (χ3v) is 6.86.